The van der Waals surface area contributed by atoms with Gasteiger partial charge in [0.15, 0.2) is 17.7 Å². The van der Waals surface area contributed by atoms with Gasteiger partial charge in [0.05, 0.1) is 36.9 Å². The molecule has 3 rings (SSSR count). The van der Waals surface area contributed by atoms with Crippen molar-refractivity contribution in [3.8, 4) is 11.5 Å². The SMILES string of the molecule is CCOC(=O)c1c[nH+]c2c(C)c(Cl)ccc2c1NCCc1ccc(OC)c(OC)c1. The number of carbonyl (C=O) groups is 1. The molecule has 0 aliphatic rings. The van der Waals surface area contributed by atoms with E-state index in [-0.39, 0.29) is 5.97 Å². The maximum atomic E-state index is 12.5. The van der Waals surface area contributed by atoms with Gasteiger partial charge in [-0.05, 0) is 50.1 Å². The zero-order chi connectivity index (χ0) is 21.7. The third kappa shape index (κ3) is 4.44. The predicted octanol–water partition coefficient (Wildman–Crippen LogP) is 4.46. The lowest BCUT2D eigenvalue weighted by molar-refractivity contribution is -0.345. The number of hydrogen-bond donors (Lipinski definition) is 1. The van der Waals surface area contributed by atoms with Crippen LogP contribution in [0.3, 0.4) is 0 Å². The first-order valence-electron chi connectivity index (χ1n) is 9.75. The highest BCUT2D eigenvalue weighted by Gasteiger charge is 2.22. The van der Waals surface area contributed by atoms with Crippen LogP contribution in [-0.2, 0) is 11.2 Å². The van der Waals surface area contributed by atoms with E-state index in [9.17, 15) is 4.79 Å². The molecule has 158 valence electrons. The van der Waals surface area contributed by atoms with Crippen molar-refractivity contribution in [2.45, 2.75) is 20.3 Å². The normalized spacial score (nSPS) is 10.7. The summed E-state index contributed by atoms with van der Waals surface area (Å²) in [5, 5.41) is 4.97. The Labute approximate surface area is 181 Å². The number of nitrogens with one attached hydrogen (secondary N) is 2. The van der Waals surface area contributed by atoms with Crippen molar-refractivity contribution in [3.63, 3.8) is 0 Å². The van der Waals surface area contributed by atoms with Gasteiger partial charge in [0.2, 0.25) is 5.52 Å². The standard InChI is InChI=1S/C23H25ClN2O4/c1-5-30-23(27)17-13-26-21-14(2)18(24)8-7-16(21)22(17)25-11-10-15-6-9-19(28-3)20(12-15)29-4/h6-9,12-13H,5,10-11H2,1-4H3,(H,25,26)/p+1. The Balaban J connectivity index is 1.91. The monoisotopic (exact) mass is 429 g/mol. The summed E-state index contributed by atoms with van der Waals surface area (Å²) in [4.78, 5) is 15.7. The lowest BCUT2D eigenvalue weighted by Gasteiger charge is -2.14. The summed E-state index contributed by atoms with van der Waals surface area (Å²) in [5.41, 5.74) is 4.07. The summed E-state index contributed by atoms with van der Waals surface area (Å²) in [6.45, 7) is 4.65. The summed E-state index contributed by atoms with van der Waals surface area (Å²) < 4.78 is 15.9. The molecule has 0 saturated carbocycles. The molecule has 2 N–H and O–H groups in total. The van der Waals surface area contributed by atoms with E-state index in [2.05, 4.69) is 10.3 Å². The van der Waals surface area contributed by atoms with Crippen molar-refractivity contribution < 1.29 is 24.0 Å². The minimum atomic E-state index is -0.378. The molecule has 0 aliphatic carbocycles. The number of aromatic amines is 1. The maximum Gasteiger partial charge on any atom is 0.346 e. The van der Waals surface area contributed by atoms with Gasteiger partial charge < -0.3 is 19.5 Å². The van der Waals surface area contributed by atoms with E-state index in [4.69, 9.17) is 25.8 Å². The molecule has 2 aromatic carbocycles. The van der Waals surface area contributed by atoms with Crippen LogP contribution in [0.25, 0.3) is 10.9 Å². The number of aryl methyl sites for hydroxylation is 1. The van der Waals surface area contributed by atoms with Crippen LogP contribution in [0.5, 0.6) is 11.5 Å². The van der Waals surface area contributed by atoms with E-state index < -0.39 is 0 Å². The van der Waals surface area contributed by atoms with E-state index in [0.717, 1.165) is 34.1 Å². The highest BCUT2D eigenvalue weighted by Crippen LogP contribution is 2.31. The van der Waals surface area contributed by atoms with Crippen LogP contribution < -0.4 is 19.8 Å². The second-order valence-electron chi connectivity index (χ2n) is 6.76. The average Bonchev–Trinajstić information content (AvgIpc) is 2.76. The number of aromatic nitrogens is 1. The second kappa shape index (κ2) is 9.67. The Kier molecular flexibility index (Phi) is 7.00. The number of methoxy groups -OCH3 is 2. The van der Waals surface area contributed by atoms with Gasteiger partial charge in [0.25, 0.3) is 0 Å². The first-order valence-corrected chi connectivity index (χ1v) is 10.1. The van der Waals surface area contributed by atoms with Gasteiger partial charge in [-0.15, -0.1) is 0 Å². The van der Waals surface area contributed by atoms with Gasteiger partial charge in [-0.25, -0.2) is 9.78 Å². The molecular formula is C23H26ClN2O4+. The van der Waals surface area contributed by atoms with Gasteiger partial charge in [-0.3, -0.25) is 0 Å². The number of rotatable bonds is 8. The molecule has 7 heteroatoms. The first kappa shape index (κ1) is 21.7. The first-order chi connectivity index (χ1) is 14.5. The largest absolute Gasteiger partial charge is 0.493 e. The Morgan fingerprint density at radius 3 is 2.60 bits per heavy atom. The van der Waals surface area contributed by atoms with Crippen LogP contribution in [0, 0.1) is 6.92 Å². The average molecular weight is 430 g/mol. The molecule has 30 heavy (non-hydrogen) atoms. The van der Waals surface area contributed by atoms with Gasteiger partial charge in [0.1, 0.15) is 5.56 Å². The summed E-state index contributed by atoms with van der Waals surface area (Å²) in [6, 6.07) is 9.57. The van der Waals surface area contributed by atoms with Crippen molar-refractivity contribution in [1.82, 2.24) is 0 Å². The van der Waals surface area contributed by atoms with Crippen molar-refractivity contribution in [3.05, 3.63) is 58.2 Å². The van der Waals surface area contributed by atoms with Crippen LogP contribution in [0.15, 0.2) is 36.5 Å². The topological polar surface area (TPSA) is 70.9 Å². The molecule has 0 bridgehead atoms. The number of anilines is 1. The smallest absolute Gasteiger partial charge is 0.346 e. The third-order valence-corrected chi connectivity index (χ3v) is 5.37. The molecule has 0 unspecified atom stereocenters. The number of H-pyrrole nitrogens is 1. The number of esters is 1. The number of hydrogen-bond acceptors (Lipinski definition) is 5. The number of carbonyl (C=O) groups excluding carboxylic acids is 1. The number of benzene rings is 2. The Morgan fingerprint density at radius 2 is 1.90 bits per heavy atom. The van der Waals surface area contributed by atoms with Gasteiger partial charge >= 0.3 is 5.97 Å². The molecule has 6 nitrogen and oxygen atoms in total. The number of fused-ring (bicyclic) bond motifs is 1. The van der Waals surface area contributed by atoms with Crippen LogP contribution in [-0.4, -0.2) is 33.3 Å². The number of halogens is 1. The van der Waals surface area contributed by atoms with Gasteiger partial charge in [-0.1, -0.05) is 17.7 Å². The van der Waals surface area contributed by atoms with Crippen molar-refractivity contribution in [1.29, 1.82) is 0 Å². The Morgan fingerprint density at radius 1 is 1.13 bits per heavy atom. The summed E-state index contributed by atoms with van der Waals surface area (Å²) in [5.74, 6) is 1.000. The molecule has 0 saturated heterocycles. The van der Waals surface area contributed by atoms with E-state index in [1.807, 2.05) is 37.3 Å². The van der Waals surface area contributed by atoms with Crippen LogP contribution in [0.4, 0.5) is 5.69 Å². The molecule has 0 fully saturated rings. The fourth-order valence-corrected chi connectivity index (χ4v) is 3.53. The zero-order valence-electron chi connectivity index (χ0n) is 17.6. The maximum absolute atomic E-state index is 12.5. The molecule has 0 atom stereocenters. The number of ether oxygens (including phenoxy) is 3. The molecular weight excluding hydrogens is 404 g/mol. The second-order valence-corrected chi connectivity index (χ2v) is 7.17. The van der Waals surface area contributed by atoms with Crippen LogP contribution in [0.1, 0.15) is 28.4 Å². The summed E-state index contributed by atoms with van der Waals surface area (Å²) in [7, 11) is 3.23. The minimum Gasteiger partial charge on any atom is -0.493 e. The summed E-state index contributed by atoms with van der Waals surface area (Å²) in [6.07, 6.45) is 2.40. The molecule has 3 aromatic rings. The van der Waals surface area contributed by atoms with Gasteiger partial charge in [-0.2, -0.15) is 0 Å². The van der Waals surface area contributed by atoms with Crippen LogP contribution >= 0.6 is 11.6 Å². The van der Waals surface area contributed by atoms with Crippen molar-refractivity contribution in [2.24, 2.45) is 0 Å². The highest BCUT2D eigenvalue weighted by atomic mass is 35.5. The lowest BCUT2D eigenvalue weighted by atomic mass is 10.1. The van der Waals surface area contributed by atoms with E-state index in [0.29, 0.717) is 35.2 Å². The molecule has 0 aliphatic heterocycles. The molecule has 0 spiro atoms. The lowest BCUT2D eigenvalue weighted by Crippen LogP contribution is -2.18. The molecule has 0 radical (unpaired) electrons. The summed E-state index contributed by atoms with van der Waals surface area (Å²) >= 11 is 6.28. The quantitative estimate of drug-likeness (QED) is 0.535. The number of pyridine rings is 1. The zero-order valence-corrected chi connectivity index (χ0v) is 18.4. The highest BCUT2D eigenvalue weighted by molar-refractivity contribution is 6.32. The van der Waals surface area contributed by atoms with Crippen LogP contribution in [0.2, 0.25) is 5.02 Å². The molecule has 0 amide bonds. The van der Waals surface area contributed by atoms with E-state index in [1.165, 1.54) is 0 Å². The fourth-order valence-electron chi connectivity index (χ4n) is 3.37. The third-order valence-electron chi connectivity index (χ3n) is 4.96. The molecule has 1 heterocycles. The van der Waals surface area contributed by atoms with E-state index in [1.54, 1.807) is 27.3 Å². The Hall–Kier alpha value is -2.99. The van der Waals surface area contributed by atoms with Gasteiger partial charge in [0, 0.05) is 12.1 Å². The fraction of sp³-hybridized carbons (Fsp3) is 0.304. The molecule has 1 aromatic heterocycles. The van der Waals surface area contributed by atoms with Crippen molar-refractivity contribution >= 4 is 34.2 Å². The predicted molar refractivity (Wildman–Crippen MR) is 118 cm³/mol. The minimum absolute atomic E-state index is 0.307. The Bertz CT molecular complexity index is 1070. The van der Waals surface area contributed by atoms with Crippen molar-refractivity contribution in [2.75, 3.05) is 32.7 Å². The van der Waals surface area contributed by atoms with E-state index >= 15 is 0 Å².